The van der Waals surface area contributed by atoms with Gasteiger partial charge in [0.2, 0.25) is 5.88 Å². The first-order valence-corrected chi connectivity index (χ1v) is 9.81. The molecule has 152 valence electrons. The maximum Gasteiger partial charge on any atom is 0.215 e. The van der Waals surface area contributed by atoms with Gasteiger partial charge in [-0.1, -0.05) is 18.2 Å². The second-order valence-electron chi connectivity index (χ2n) is 6.77. The molecule has 1 aromatic carbocycles. The molecule has 4 rings (SSSR count). The molecule has 0 amide bonds. The lowest BCUT2D eigenvalue weighted by molar-refractivity contribution is 0.122. The van der Waals surface area contributed by atoms with E-state index < -0.39 is 0 Å². The third-order valence-corrected chi connectivity index (χ3v) is 4.74. The number of pyridine rings is 1. The molecule has 29 heavy (non-hydrogen) atoms. The quantitative estimate of drug-likeness (QED) is 0.309. The Bertz CT molecular complexity index is 965. The number of H-pyrrole nitrogens is 1. The van der Waals surface area contributed by atoms with Crippen molar-refractivity contribution in [2.45, 2.75) is 0 Å². The lowest BCUT2D eigenvalue weighted by atomic mass is 10.2. The Labute approximate surface area is 169 Å². The summed E-state index contributed by atoms with van der Waals surface area (Å²) in [4.78, 5) is 10.1. The molecule has 0 saturated carbocycles. The number of hydrogen-bond donors (Lipinski definition) is 3. The van der Waals surface area contributed by atoms with Gasteiger partial charge in [-0.25, -0.2) is 0 Å². The zero-order valence-electron chi connectivity index (χ0n) is 16.5. The van der Waals surface area contributed by atoms with Crippen molar-refractivity contribution in [2.75, 3.05) is 56.8 Å². The highest BCUT2D eigenvalue weighted by Gasteiger charge is 2.14. The van der Waals surface area contributed by atoms with Crippen LogP contribution in [0.4, 0.5) is 11.5 Å². The molecule has 8 heteroatoms. The molecule has 1 fully saturated rings. The summed E-state index contributed by atoms with van der Waals surface area (Å²) >= 11 is 0. The van der Waals surface area contributed by atoms with E-state index in [1.165, 1.54) is 0 Å². The van der Waals surface area contributed by atoms with Crippen LogP contribution >= 0.6 is 0 Å². The van der Waals surface area contributed by atoms with Crippen molar-refractivity contribution in [1.29, 1.82) is 0 Å². The van der Waals surface area contributed by atoms with Crippen LogP contribution in [0.25, 0.3) is 10.9 Å². The van der Waals surface area contributed by atoms with Crippen molar-refractivity contribution in [1.82, 2.24) is 15.3 Å². The number of morpholine rings is 1. The molecule has 0 aliphatic carbocycles. The lowest BCUT2D eigenvalue weighted by Gasteiger charge is -2.28. The molecule has 1 aliphatic rings. The minimum absolute atomic E-state index is 0.556. The molecular weight excluding hydrogens is 368 g/mol. The summed E-state index contributed by atoms with van der Waals surface area (Å²) in [6, 6.07) is 12.0. The second kappa shape index (κ2) is 9.40. The Kier molecular flexibility index (Phi) is 6.23. The van der Waals surface area contributed by atoms with Gasteiger partial charge in [-0.3, -0.25) is 5.43 Å². The van der Waals surface area contributed by atoms with Crippen LogP contribution in [0, 0.1) is 0 Å². The molecule has 2 aromatic heterocycles. The third kappa shape index (κ3) is 4.85. The van der Waals surface area contributed by atoms with E-state index in [1.54, 1.807) is 6.21 Å². The first-order chi connectivity index (χ1) is 14.3. The number of aromatic nitrogens is 2. The Balaban J connectivity index is 1.52. The van der Waals surface area contributed by atoms with Gasteiger partial charge in [0, 0.05) is 48.4 Å². The summed E-state index contributed by atoms with van der Waals surface area (Å²) in [5.41, 5.74) is 6.05. The molecule has 0 radical (unpaired) electrons. The predicted molar refractivity (Wildman–Crippen MR) is 116 cm³/mol. The van der Waals surface area contributed by atoms with Gasteiger partial charge in [0.05, 0.1) is 25.1 Å². The number of para-hydroxylation sites is 1. The van der Waals surface area contributed by atoms with E-state index in [0.717, 1.165) is 47.6 Å². The predicted octanol–water partition coefficient (Wildman–Crippen LogP) is 2.44. The Morgan fingerprint density at radius 2 is 2.14 bits per heavy atom. The number of nitrogens with one attached hydrogen (secondary N) is 3. The number of likely N-dealkylation sites (N-methyl/N-ethyl adjacent to an activating group) is 1. The van der Waals surface area contributed by atoms with Crippen LogP contribution in [-0.4, -0.2) is 62.7 Å². The average molecular weight is 394 g/mol. The minimum atomic E-state index is 0.556. The van der Waals surface area contributed by atoms with E-state index in [9.17, 15) is 0 Å². The van der Waals surface area contributed by atoms with Crippen LogP contribution in [0.15, 0.2) is 47.7 Å². The Hall–Kier alpha value is -3.10. The highest BCUT2D eigenvalue weighted by atomic mass is 16.5. The number of anilines is 2. The maximum absolute atomic E-state index is 5.81. The number of ether oxygens (including phenoxy) is 2. The highest BCUT2D eigenvalue weighted by molar-refractivity contribution is 5.92. The van der Waals surface area contributed by atoms with Gasteiger partial charge in [-0.2, -0.15) is 10.1 Å². The Morgan fingerprint density at radius 1 is 1.28 bits per heavy atom. The molecular formula is C21H26N6O2. The normalized spacial score (nSPS) is 14.6. The SMILES string of the molecule is CNCCOc1cc(/C=N/Nc2c[nH]c3ccccc23)cc(N2CCOCC2)n1. The van der Waals surface area contributed by atoms with Crippen LogP contribution in [0.1, 0.15) is 5.56 Å². The van der Waals surface area contributed by atoms with Crippen molar-refractivity contribution in [3.05, 3.63) is 48.2 Å². The van der Waals surface area contributed by atoms with Crippen LogP contribution in [0.5, 0.6) is 5.88 Å². The summed E-state index contributed by atoms with van der Waals surface area (Å²) in [5.74, 6) is 1.47. The number of nitrogens with zero attached hydrogens (tertiary/aromatic N) is 3. The van der Waals surface area contributed by atoms with Crippen LogP contribution < -0.4 is 20.4 Å². The van der Waals surface area contributed by atoms with Gasteiger partial charge in [0.1, 0.15) is 12.4 Å². The number of hydrogen-bond acceptors (Lipinski definition) is 7. The minimum Gasteiger partial charge on any atom is -0.476 e. The zero-order valence-corrected chi connectivity index (χ0v) is 16.5. The van der Waals surface area contributed by atoms with Crippen molar-refractivity contribution < 1.29 is 9.47 Å². The number of aromatic amines is 1. The molecule has 0 unspecified atom stereocenters. The van der Waals surface area contributed by atoms with Crippen molar-refractivity contribution in [3.63, 3.8) is 0 Å². The molecule has 0 bridgehead atoms. The fourth-order valence-corrected chi connectivity index (χ4v) is 3.21. The molecule has 0 atom stereocenters. The molecule has 1 saturated heterocycles. The van der Waals surface area contributed by atoms with E-state index in [-0.39, 0.29) is 0 Å². The van der Waals surface area contributed by atoms with Crippen LogP contribution in [0.3, 0.4) is 0 Å². The van der Waals surface area contributed by atoms with Crippen LogP contribution in [0.2, 0.25) is 0 Å². The van der Waals surface area contributed by atoms with Crippen LogP contribution in [-0.2, 0) is 4.74 Å². The van der Waals surface area contributed by atoms with Crippen molar-refractivity contribution in [2.24, 2.45) is 5.10 Å². The summed E-state index contributed by atoms with van der Waals surface area (Å²) in [7, 11) is 1.90. The van der Waals surface area contributed by atoms with E-state index >= 15 is 0 Å². The summed E-state index contributed by atoms with van der Waals surface area (Å²) in [6.07, 6.45) is 3.71. The van der Waals surface area contributed by atoms with E-state index in [0.29, 0.717) is 25.7 Å². The first kappa shape index (κ1) is 19.2. The fraction of sp³-hybridized carbons (Fsp3) is 0.333. The first-order valence-electron chi connectivity index (χ1n) is 9.81. The lowest BCUT2D eigenvalue weighted by Crippen LogP contribution is -2.36. The molecule has 0 spiro atoms. The van der Waals surface area contributed by atoms with Crippen molar-refractivity contribution >= 4 is 28.6 Å². The van der Waals surface area contributed by atoms with E-state index in [1.807, 2.05) is 43.6 Å². The van der Waals surface area contributed by atoms with Gasteiger partial charge >= 0.3 is 0 Å². The highest BCUT2D eigenvalue weighted by Crippen LogP contribution is 2.23. The molecule has 3 N–H and O–H groups in total. The number of hydrazone groups is 1. The summed E-state index contributed by atoms with van der Waals surface area (Å²) < 4.78 is 11.3. The molecule has 3 aromatic rings. The average Bonchev–Trinajstić information content (AvgIpc) is 3.18. The van der Waals surface area contributed by atoms with Gasteiger partial charge in [-0.15, -0.1) is 0 Å². The number of fused-ring (bicyclic) bond motifs is 1. The molecule has 1 aliphatic heterocycles. The summed E-state index contributed by atoms with van der Waals surface area (Å²) in [6.45, 7) is 4.36. The Morgan fingerprint density at radius 3 is 3.00 bits per heavy atom. The fourth-order valence-electron chi connectivity index (χ4n) is 3.21. The van der Waals surface area contributed by atoms with Crippen molar-refractivity contribution in [3.8, 4) is 5.88 Å². The molecule has 3 heterocycles. The van der Waals surface area contributed by atoms with Gasteiger partial charge in [-0.05, 0) is 19.2 Å². The summed E-state index contributed by atoms with van der Waals surface area (Å²) in [5, 5.41) is 8.60. The number of rotatable bonds is 8. The molecule has 8 nitrogen and oxygen atoms in total. The monoisotopic (exact) mass is 394 g/mol. The van der Waals surface area contributed by atoms with Gasteiger partial charge in [0.15, 0.2) is 0 Å². The van der Waals surface area contributed by atoms with E-state index in [4.69, 9.17) is 9.47 Å². The second-order valence-corrected chi connectivity index (χ2v) is 6.77. The van der Waals surface area contributed by atoms with Gasteiger partial charge in [0.25, 0.3) is 0 Å². The van der Waals surface area contributed by atoms with E-state index in [2.05, 4.69) is 36.8 Å². The standard InChI is InChI=1S/C21H26N6O2/c1-22-6-9-29-21-13-16(12-20(25-21)27-7-10-28-11-8-27)14-24-26-19-15-23-18-5-3-2-4-17(18)19/h2-5,12-15,22-23,26H,6-11H2,1H3/b24-14+. The third-order valence-electron chi connectivity index (χ3n) is 4.74. The largest absolute Gasteiger partial charge is 0.476 e. The maximum atomic E-state index is 5.81. The smallest absolute Gasteiger partial charge is 0.215 e. The zero-order chi connectivity index (χ0) is 19.9. The number of benzene rings is 1. The van der Waals surface area contributed by atoms with Gasteiger partial charge < -0.3 is 24.7 Å². The topological polar surface area (TPSA) is 86.8 Å².